The van der Waals surface area contributed by atoms with Gasteiger partial charge in [0.25, 0.3) is 5.91 Å². The maximum absolute atomic E-state index is 12.8. The molecule has 1 saturated heterocycles. The Labute approximate surface area is 147 Å². The number of nitrogens with zero attached hydrogens (tertiary/aromatic N) is 3. The van der Waals surface area contributed by atoms with Crippen molar-refractivity contribution in [3.63, 3.8) is 0 Å². The van der Waals surface area contributed by atoms with Crippen molar-refractivity contribution in [1.29, 1.82) is 0 Å². The van der Waals surface area contributed by atoms with Gasteiger partial charge in [-0.1, -0.05) is 36.4 Å². The average Bonchev–Trinajstić information content (AvgIpc) is 3.29. The van der Waals surface area contributed by atoms with Gasteiger partial charge in [0.2, 0.25) is 0 Å². The highest BCUT2D eigenvalue weighted by Crippen LogP contribution is 2.24. The highest BCUT2D eigenvalue weighted by molar-refractivity contribution is 6.04. The Balaban J connectivity index is 1.42. The van der Waals surface area contributed by atoms with E-state index in [9.17, 15) is 4.79 Å². The summed E-state index contributed by atoms with van der Waals surface area (Å²) in [5.74, 6) is 0.468. The summed E-state index contributed by atoms with van der Waals surface area (Å²) in [7, 11) is 1.87. The summed E-state index contributed by atoms with van der Waals surface area (Å²) in [6.07, 6.45) is 1.10. The van der Waals surface area contributed by atoms with Crippen LogP contribution < -0.4 is 4.90 Å². The molecule has 0 saturated carbocycles. The van der Waals surface area contributed by atoms with E-state index in [4.69, 9.17) is 0 Å². The monoisotopic (exact) mass is 334 g/mol. The first-order valence-corrected chi connectivity index (χ1v) is 8.71. The number of fused-ring (bicyclic) bond motifs is 1. The Morgan fingerprint density at radius 1 is 1.20 bits per heavy atom. The number of aromatic nitrogens is 2. The molecule has 1 aliphatic heterocycles. The number of H-pyrrole nitrogens is 1. The van der Waals surface area contributed by atoms with E-state index in [0.717, 1.165) is 37.0 Å². The number of aromatic amines is 1. The SMILES string of the molecule is CN(C[C@@H]1CCN(c2ccccc2)C1)C(=O)c1n[nH]c2ccccc12. The third-order valence-corrected chi connectivity index (χ3v) is 4.96. The number of amides is 1. The van der Waals surface area contributed by atoms with Crippen LogP contribution in [0.15, 0.2) is 54.6 Å². The minimum atomic E-state index is -0.0180. The van der Waals surface area contributed by atoms with Gasteiger partial charge in [-0.2, -0.15) is 5.10 Å². The number of carbonyl (C=O) groups is 1. The molecule has 3 aromatic rings. The second-order valence-electron chi connectivity index (χ2n) is 6.74. The summed E-state index contributed by atoms with van der Waals surface area (Å²) >= 11 is 0. The van der Waals surface area contributed by atoms with Gasteiger partial charge in [0.05, 0.1) is 5.52 Å². The van der Waals surface area contributed by atoms with Gasteiger partial charge in [-0.25, -0.2) is 0 Å². The number of para-hydroxylation sites is 2. The van der Waals surface area contributed by atoms with Crippen molar-refractivity contribution >= 4 is 22.5 Å². The van der Waals surface area contributed by atoms with Crippen molar-refractivity contribution in [1.82, 2.24) is 15.1 Å². The zero-order valence-electron chi connectivity index (χ0n) is 14.4. The van der Waals surface area contributed by atoms with Crippen LogP contribution in [-0.4, -0.2) is 47.7 Å². The molecule has 4 rings (SSSR count). The third-order valence-electron chi connectivity index (χ3n) is 4.96. The Kier molecular flexibility index (Phi) is 4.14. The van der Waals surface area contributed by atoms with Gasteiger partial charge in [0.1, 0.15) is 0 Å². The summed E-state index contributed by atoms with van der Waals surface area (Å²) in [5, 5.41) is 8.05. The van der Waals surface area contributed by atoms with Crippen LogP contribution in [0.2, 0.25) is 0 Å². The van der Waals surface area contributed by atoms with Gasteiger partial charge < -0.3 is 9.80 Å². The van der Waals surface area contributed by atoms with Crippen molar-refractivity contribution in [3.8, 4) is 0 Å². The number of nitrogens with one attached hydrogen (secondary N) is 1. The number of rotatable bonds is 4. The largest absolute Gasteiger partial charge is 0.371 e. The first-order valence-electron chi connectivity index (χ1n) is 8.71. The van der Waals surface area contributed by atoms with Crippen LogP contribution in [0.25, 0.3) is 10.9 Å². The molecule has 1 aliphatic rings. The van der Waals surface area contributed by atoms with Crippen molar-refractivity contribution < 1.29 is 4.79 Å². The van der Waals surface area contributed by atoms with E-state index in [0.29, 0.717) is 11.6 Å². The zero-order valence-corrected chi connectivity index (χ0v) is 14.4. The van der Waals surface area contributed by atoms with Gasteiger partial charge in [-0.15, -0.1) is 0 Å². The second-order valence-corrected chi connectivity index (χ2v) is 6.74. The molecule has 1 amide bonds. The van der Waals surface area contributed by atoms with Crippen LogP contribution >= 0.6 is 0 Å². The number of carbonyl (C=O) groups excluding carboxylic acids is 1. The number of hydrogen-bond donors (Lipinski definition) is 1. The molecule has 5 heteroatoms. The van der Waals surface area contributed by atoms with E-state index < -0.39 is 0 Å². The van der Waals surface area contributed by atoms with Crippen LogP contribution in [-0.2, 0) is 0 Å². The maximum Gasteiger partial charge on any atom is 0.274 e. The Hall–Kier alpha value is -2.82. The highest BCUT2D eigenvalue weighted by atomic mass is 16.2. The lowest BCUT2D eigenvalue weighted by atomic mass is 10.1. The molecule has 0 spiro atoms. The number of anilines is 1. The molecule has 0 bridgehead atoms. The van der Waals surface area contributed by atoms with Crippen LogP contribution in [0.1, 0.15) is 16.9 Å². The standard InChI is InChI=1S/C20H22N4O/c1-23(20(25)19-17-9-5-6-10-18(17)21-22-19)13-15-11-12-24(14-15)16-7-3-2-4-8-16/h2-10,15H,11-14H2,1H3,(H,21,22)/t15-/m0/s1. The normalized spacial score (nSPS) is 17.2. The molecule has 25 heavy (non-hydrogen) atoms. The smallest absolute Gasteiger partial charge is 0.274 e. The molecule has 128 valence electrons. The molecular weight excluding hydrogens is 312 g/mol. The summed E-state index contributed by atoms with van der Waals surface area (Å²) in [6, 6.07) is 18.2. The average molecular weight is 334 g/mol. The predicted octanol–water partition coefficient (Wildman–Crippen LogP) is 3.16. The third kappa shape index (κ3) is 3.09. The van der Waals surface area contributed by atoms with E-state index in [2.05, 4.69) is 39.4 Å². The Morgan fingerprint density at radius 3 is 2.80 bits per heavy atom. The quantitative estimate of drug-likeness (QED) is 0.797. The maximum atomic E-state index is 12.8. The van der Waals surface area contributed by atoms with E-state index >= 15 is 0 Å². The van der Waals surface area contributed by atoms with Crippen LogP contribution in [0.5, 0.6) is 0 Å². The van der Waals surface area contributed by atoms with Crippen molar-refractivity contribution in [2.75, 3.05) is 31.6 Å². The molecule has 0 aliphatic carbocycles. The molecule has 2 heterocycles. The van der Waals surface area contributed by atoms with Crippen molar-refractivity contribution in [2.24, 2.45) is 5.92 Å². The second kappa shape index (κ2) is 6.59. The molecular formula is C20H22N4O. The van der Waals surface area contributed by atoms with E-state index in [1.54, 1.807) is 0 Å². The Bertz CT molecular complexity index is 874. The molecule has 0 unspecified atom stereocenters. The summed E-state index contributed by atoms with van der Waals surface area (Å²) in [4.78, 5) is 17.0. The number of benzene rings is 2. The minimum absolute atomic E-state index is 0.0180. The van der Waals surface area contributed by atoms with Gasteiger partial charge in [0, 0.05) is 37.8 Å². The minimum Gasteiger partial charge on any atom is -0.371 e. The fourth-order valence-electron chi connectivity index (χ4n) is 3.63. The molecule has 1 fully saturated rings. The number of hydrogen-bond acceptors (Lipinski definition) is 3. The van der Waals surface area contributed by atoms with Gasteiger partial charge in [-0.3, -0.25) is 9.89 Å². The topological polar surface area (TPSA) is 52.2 Å². The molecule has 0 radical (unpaired) electrons. The molecule has 1 aromatic heterocycles. The van der Waals surface area contributed by atoms with E-state index in [1.807, 2.05) is 42.3 Å². The van der Waals surface area contributed by atoms with Crippen LogP contribution in [0.3, 0.4) is 0 Å². The van der Waals surface area contributed by atoms with Crippen LogP contribution in [0, 0.1) is 5.92 Å². The van der Waals surface area contributed by atoms with E-state index in [1.165, 1.54) is 5.69 Å². The molecule has 1 atom stereocenters. The molecule has 2 aromatic carbocycles. The molecule has 1 N–H and O–H groups in total. The summed E-state index contributed by atoms with van der Waals surface area (Å²) in [6.45, 7) is 2.79. The summed E-state index contributed by atoms with van der Waals surface area (Å²) < 4.78 is 0. The van der Waals surface area contributed by atoms with Crippen molar-refractivity contribution in [2.45, 2.75) is 6.42 Å². The van der Waals surface area contributed by atoms with Gasteiger partial charge in [0.15, 0.2) is 5.69 Å². The van der Waals surface area contributed by atoms with Crippen molar-refractivity contribution in [3.05, 3.63) is 60.3 Å². The van der Waals surface area contributed by atoms with Gasteiger partial charge in [-0.05, 0) is 30.5 Å². The lowest BCUT2D eigenvalue weighted by Gasteiger charge is -2.22. The Morgan fingerprint density at radius 2 is 1.96 bits per heavy atom. The lowest BCUT2D eigenvalue weighted by molar-refractivity contribution is 0.0772. The first-order chi connectivity index (χ1) is 12.2. The van der Waals surface area contributed by atoms with Gasteiger partial charge >= 0.3 is 0 Å². The predicted molar refractivity (Wildman–Crippen MR) is 99.8 cm³/mol. The zero-order chi connectivity index (χ0) is 17.2. The summed E-state index contributed by atoms with van der Waals surface area (Å²) in [5.41, 5.74) is 2.67. The fourth-order valence-corrected chi connectivity index (χ4v) is 3.63. The molecule has 5 nitrogen and oxygen atoms in total. The lowest BCUT2D eigenvalue weighted by Crippen LogP contribution is -2.33. The highest BCUT2D eigenvalue weighted by Gasteiger charge is 2.26. The van der Waals surface area contributed by atoms with E-state index in [-0.39, 0.29) is 5.91 Å². The van der Waals surface area contributed by atoms with Crippen LogP contribution in [0.4, 0.5) is 5.69 Å². The fraction of sp³-hybridized carbons (Fsp3) is 0.300. The first kappa shape index (κ1) is 15.7.